The molecule has 2 amide bonds. The molecule has 0 bridgehead atoms. The summed E-state index contributed by atoms with van der Waals surface area (Å²) in [5.74, 6) is -1.80. The van der Waals surface area contributed by atoms with Crippen LogP contribution >= 0.6 is 46.4 Å². The van der Waals surface area contributed by atoms with E-state index in [2.05, 4.69) is 9.44 Å². The van der Waals surface area contributed by atoms with Crippen LogP contribution in [0.3, 0.4) is 0 Å². The molecule has 6 rings (SSSR count). The van der Waals surface area contributed by atoms with Gasteiger partial charge in [0.25, 0.3) is 11.8 Å². The van der Waals surface area contributed by atoms with E-state index in [9.17, 15) is 23.8 Å². The quantitative estimate of drug-likeness (QED) is 0.114. The number of benzene rings is 2. The number of amides is 2. The standard InChI is InChI=1S/C49H70Cl4N4O10S2/c1-46(2,3)68(61)54-42(32-24-34(50)36(52)26-38(32)58)30-14-12-20-57(21-16-30)45(60)41-29-65-49(9,67-41)18-10-11-23-63-39-27-37(53)35(51)25-33(39)43(55-69(62)47(4,5)6)31-15-13-19-56(22-17-31)44(59)40-28-64-48(7,8)66-40/h10-11,24-27,30-31,40-43,54-55,58H,12-23,28-29H2,1-9H3/b11-10+/t30?,31?,40-,41-,42-,43-,49?,68?,69?/m1/s1. The van der Waals surface area contributed by atoms with Crippen LogP contribution in [-0.2, 0) is 51.3 Å². The highest BCUT2D eigenvalue weighted by atomic mass is 35.5. The molecule has 0 spiro atoms. The molecule has 9 atom stereocenters. The summed E-state index contributed by atoms with van der Waals surface area (Å²) in [4.78, 5) is 31.1. The zero-order valence-corrected chi connectivity index (χ0v) is 45.8. The van der Waals surface area contributed by atoms with Crippen molar-refractivity contribution < 1.29 is 47.5 Å². The molecule has 0 aromatic heterocycles. The summed E-state index contributed by atoms with van der Waals surface area (Å²) < 4.78 is 63.1. The van der Waals surface area contributed by atoms with E-state index in [1.54, 1.807) is 43.9 Å². The van der Waals surface area contributed by atoms with E-state index in [0.29, 0.717) is 85.2 Å². The van der Waals surface area contributed by atoms with Crippen LogP contribution in [0.25, 0.3) is 0 Å². The van der Waals surface area contributed by atoms with E-state index in [1.165, 1.54) is 6.07 Å². The largest absolute Gasteiger partial charge is 0.598 e. The van der Waals surface area contributed by atoms with E-state index in [0.717, 1.165) is 12.8 Å². The summed E-state index contributed by atoms with van der Waals surface area (Å²) in [6.45, 7) is 19.2. The SMILES string of the molecule is CC1(C)OC[C@H](C(=O)N2CCCC([C@@H](N[S+]([O-])C(C)(C)C)c3cc(Cl)c(Cl)cc3OC/C=C/CC3(C)OC[C@H](C(=O)N4CCCC([C@@H](N[S+]([O-])C(C)(C)C)c5cc(Cl)c(Cl)cc5O)CC4)O3)CC2)O1. The van der Waals surface area contributed by atoms with Crippen molar-refractivity contribution in [3.8, 4) is 11.5 Å². The molecule has 2 aromatic rings. The number of halogens is 4. The van der Waals surface area contributed by atoms with Crippen molar-refractivity contribution in [2.45, 2.75) is 153 Å². The topological polar surface area (TPSA) is 177 Å². The molecule has 0 saturated carbocycles. The van der Waals surface area contributed by atoms with E-state index in [1.807, 2.05) is 58.6 Å². The molecule has 69 heavy (non-hydrogen) atoms. The van der Waals surface area contributed by atoms with Gasteiger partial charge in [-0.1, -0.05) is 58.6 Å². The molecular weight excluding hydrogens is 1010 g/mol. The molecular formula is C49H70Cl4N4O10S2. The maximum Gasteiger partial charge on any atom is 0.254 e. The smallest absolute Gasteiger partial charge is 0.254 e. The number of carbonyl (C=O) groups is 2. The molecule has 0 radical (unpaired) electrons. The monoisotopic (exact) mass is 1080 g/mol. The average molecular weight is 1080 g/mol. The van der Waals surface area contributed by atoms with Crippen molar-refractivity contribution in [1.82, 2.24) is 19.2 Å². The van der Waals surface area contributed by atoms with Crippen LogP contribution in [-0.4, -0.2) is 115 Å². The first-order valence-corrected chi connectivity index (χ1v) is 27.6. The minimum atomic E-state index is -1.46. The molecule has 2 aromatic carbocycles. The number of hydrogen-bond acceptors (Lipinski definition) is 12. The molecule has 5 unspecified atom stereocenters. The minimum absolute atomic E-state index is 0.0351. The Kier molecular flexibility index (Phi) is 19.4. The summed E-state index contributed by atoms with van der Waals surface area (Å²) >= 11 is 22.9. The first-order valence-electron chi connectivity index (χ1n) is 23.8. The lowest BCUT2D eigenvalue weighted by atomic mass is 9.87. The Balaban J connectivity index is 1.07. The molecule has 4 heterocycles. The molecule has 4 aliphatic heterocycles. The van der Waals surface area contributed by atoms with Gasteiger partial charge in [0.2, 0.25) is 0 Å². The molecule has 0 aliphatic carbocycles. The highest BCUT2D eigenvalue weighted by molar-refractivity contribution is 7.91. The molecule has 3 N–H and O–H groups in total. The number of aromatic hydroxyl groups is 1. The second-order valence-electron chi connectivity index (χ2n) is 21.0. The van der Waals surface area contributed by atoms with Gasteiger partial charge in [-0.2, -0.15) is 0 Å². The number of phenols is 1. The summed E-state index contributed by atoms with van der Waals surface area (Å²) in [7, 11) is 0. The fourth-order valence-corrected chi connectivity index (χ4v) is 11.5. The molecule has 4 saturated heterocycles. The van der Waals surface area contributed by atoms with Crippen LogP contribution in [0.2, 0.25) is 20.1 Å². The van der Waals surface area contributed by atoms with Crippen molar-refractivity contribution in [2.24, 2.45) is 11.8 Å². The van der Waals surface area contributed by atoms with E-state index >= 15 is 0 Å². The third-order valence-electron chi connectivity index (χ3n) is 13.0. The van der Waals surface area contributed by atoms with Gasteiger partial charge in [0.05, 0.1) is 45.4 Å². The predicted octanol–water partition coefficient (Wildman–Crippen LogP) is 9.76. The summed E-state index contributed by atoms with van der Waals surface area (Å²) in [6, 6.07) is 5.52. The zero-order valence-electron chi connectivity index (χ0n) is 41.2. The molecule has 14 nitrogen and oxygen atoms in total. The van der Waals surface area contributed by atoms with Gasteiger partial charge in [0, 0.05) is 78.6 Å². The number of likely N-dealkylation sites (tertiary alicyclic amines) is 2. The summed E-state index contributed by atoms with van der Waals surface area (Å²) in [6.07, 6.45) is 6.69. The van der Waals surface area contributed by atoms with Crippen LogP contribution < -0.4 is 14.2 Å². The van der Waals surface area contributed by atoms with E-state index in [4.69, 9.17) is 70.1 Å². The first-order chi connectivity index (χ1) is 32.2. The second-order valence-corrected chi connectivity index (χ2v) is 26.6. The van der Waals surface area contributed by atoms with Gasteiger partial charge in [0.15, 0.2) is 23.8 Å². The minimum Gasteiger partial charge on any atom is -0.598 e. The second kappa shape index (κ2) is 23.6. The highest BCUT2D eigenvalue weighted by Crippen LogP contribution is 2.43. The summed E-state index contributed by atoms with van der Waals surface area (Å²) in [5.41, 5.74) is 1.22. The molecule has 4 aliphatic rings. The van der Waals surface area contributed by atoms with Gasteiger partial charge >= 0.3 is 0 Å². The maximum atomic E-state index is 14.0. The third-order valence-corrected chi connectivity index (χ3v) is 17.6. The first kappa shape index (κ1) is 56.6. The normalized spacial score (nSPS) is 26.7. The van der Waals surface area contributed by atoms with Crippen LogP contribution in [0.1, 0.15) is 130 Å². The van der Waals surface area contributed by atoms with E-state index in [-0.39, 0.29) is 59.3 Å². The Hall–Kier alpha value is -1.74. The number of carbonyl (C=O) groups excluding carboxylic acids is 2. The third kappa shape index (κ3) is 15.0. The lowest BCUT2D eigenvalue weighted by Gasteiger charge is -2.33. The van der Waals surface area contributed by atoms with Gasteiger partial charge in [-0.05, 0) is 125 Å². The van der Waals surface area contributed by atoms with Gasteiger partial charge in [-0.3, -0.25) is 9.59 Å². The Bertz CT molecular complexity index is 2150. The van der Waals surface area contributed by atoms with Crippen LogP contribution in [0.5, 0.6) is 11.5 Å². The number of nitrogens with one attached hydrogen (secondary N) is 2. The Labute approximate surface area is 434 Å². The van der Waals surface area contributed by atoms with Gasteiger partial charge in [-0.15, -0.1) is 9.44 Å². The Morgan fingerprint density at radius 2 is 1.22 bits per heavy atom. The fraction of sp³-hybridized carbons (Fsp3) is 0.673. The lowest BCUT2D eigenvalue weighted by molar-refractivity contribution is -0.166. The van der Waals surface area contributed by atoms with E-state index < -0.39 is 68.1 Å². The highest BCUT2D eigenvalue weighted by Gasteiger charge is 2.44. The molecule has 386 valence electrons. The number of hydrogen-bond donors (Lipinski definition) is 3. The summed E-state index contributed by atoms with van der Waals surface area (Å²) in [5, 5.41) is 12.1. The lowest BCUT2D eigenvalue weighted by Crippen LogP contribution is -2.44. The fourth-order valence-electron chi connectivity index (χ4n) is 9.05. The molecule has 20 heteroatoms. The van der Waals surface area contributed by atoms with Gasteiger partial charge in [-0.25, -0.2) is 0 Å². The maximum absolute atomic E-state index is 14.0. The number of ether oxygens (including phenoxy) is 5. The van der Waals surface area contributed by atoms with Crippen molar-refractivity contribution in [3.63, 3.8) is 0 Å². The average Bonchev–Trinajstić information content (AvgIpc) is 3.61. The van der Waals surface area contributed by atoms with Crippen molar-refractivity contribution in [2.75, 3.05) is 46.0 Å². The Morgan fingerprint density at radius 1 is 0.739 bits per heavy atom. The zero-order chi connectivity index (χ0) is 50.6. The van der Waals surface area contributed by atoms with Gasteiger partial charge < -0.3 is 47.7 Å². The van der Waals surface area contributed by atoms with Crippen molar-refractivity contribution >= 4 is 80.9 Å². The van der Waals surface area contributed by atoms with Gasteiger partial charge in [0.1, 0.15) is 27.6 Å². The van der Waals surface area contributed by atoms with Crippen molar-refractivity contribution in [1.29, 1.82) is 0 Å². The predicted molar refractivity (Wildman–Crippen MR) is 273 cm³/mol. The molecule has 4 fully saturated rings. The number of nitrogens with zero attached hydrogens (tertiary/aromatic N) is 2. The van der Waals surface area contributed by atoms with Crippen LogP contribution in [0.15, 0.2) is 36.4 Å². The number of phenolic OH excluding ortho intramolecular Hbond substituents is 1. The van der Waals surface area contributed by atoms with Crippen molar-refractivity contribution in [3.05, 3.63) is 67.6 Å². The Morgan fingerprint density at radius 3 is 1.74 bits per heavy atom. The number of rotatable bonds is 15. The van der Waals surface area contributed by atoms with Crippen LogP contribution in [0, 0.1) is 11.8 Å². The van der Waals surface area contributed by atoms with Crippen LogP contribution in [0.4, 0.5) is 0 Å².